The first-order valence-electron chi connectivity index (χ1n) is 8.44. The lowest BCUT2D eigenvalue weighted by atomic mass is 10.1. The predicted molar refractivity (Wildman–Crippen MR) is 91.1 cm³/mol. The number of nitrogens with zero attached hydrogens (tertiary/aromatic N) is 1. The molecule has 1 aliphatic heterocycles. The van der Waals surface area contributed by atoms with Gasteiger partial charge in [-0.1, -0.05) is 19.1 Å². The number of aromatic nitrogens is 2. The van der Waals surface area contributed by atoms with Gasteiger partial charge in [-0.25, -0.2) is 0 Å². The average molecular weight is 329 g/mol. The van der Waals surface area contributed by atoms with Crippen LogP contribution in [-0.2, 0) is 4.74 Å². The monoisotopic (exact) mass is 329 g/mol. The van der Waals surface area contributed by atoms with E-state index in [4.69, 9.17) is 9.47 Å². The van der Waals surface area contributed by atoms with E-state index >= 15 is 0 Å². The lowest BCUT2D eigenvalue weighted by Crippen LogP contribution is -2.40. The van der Waals surface area contributed by atoms with Crippen molar-refractivity contribution in [3.05, 3.63) is 36.0 Å². The Labute approximate surface area is 141 Å². The lowest BCUT2D eigenvalue weighted by Gasteiger charge is -2.22. The van der Waals surface area contributed by atoms with Crippen LogP contribution in [0.3, 0.4) is 0 Å². The van der Waals surface area contributed by atoms with E-state index in [0.29, 0.717) is 24.6 Å². The molecule has 2 aromatic rings. The molecule has 1 fully saturated rings. The van der Waals surface area contributed by atoms with Crippen molar-refractivity contribution in [1.29, 1.82) is 0 Å². The van der Waals surface area contributed by atoms with Gasteiger partial charge in [-0.05, 0) is 37.5 Å². The second-order valence-electron chi connectivity index (χ2n) is 5.90. The highest BCUT2D eigenvalue weighted by molar-refractivity contribution is 5.93. The number of benzene rings is 1. The quantitative estimate of drug-likeness (QED) is 0.854. The maximum atomic E-state index is 12.3. The van der Waals surface area contributed by atoms with Gasteiger partial charge in [0, 0.05) is 12.2 Å². The molecule has 1 unspecified atom stereocenters. The number of nitrogens with one attached hydrogen (secondary N) is 2. The van der Waals surface area contributed by atoms with E-state index in [9.17, 15) is 4.79 Å². The topological polar surface area (TPSA) is 76.2 Å². The third-order valence-electron chi connectivity index (χ3n) is 3.94. The number of carbonyl (C=O) groups is 1. The molecule has 1 atom stereocenters. The molecule has 0 radical (unpaired) electrons. The van der Waals surface area contributed by atoms with E-state index < -0.39 is 0 Å². The average Bonchev–Trinajstić information content (AvgIpc) is 3.11. The van der Waals surface area contributed by atoms with E-state index in [1.807, 2.05) is 24.3 Å². The molecule has 0 spiro atoms. The summed E-state index contributed by atoms with van der Waals surface area (Å²) < 4.78 is 11.2. The van der Waals surface area contributed by atoms with Gasteiger partial charge in [0.05, 0.1) is 24.9 Å². The van der Waals surface area contributed by atoms with Crippen LogP contribution in [0.1, 0.15) is 36.7 Å². The number of rotatable bonds is 6. The van der Waals surface area contributed by atoms with Crippen LogP contribution >= 0.6 is 0 Å². The van der Waals surface area contributed by atoms with Crippen molar-refractivity contribution in [1.82, 2.24) is 15.5 Å². The van der Waals surface area contributed by atoms with Crippen LogP contribution in [0.2, 0.25) is 0 Å². The van der Waals surface area contributed by atoms with Crippen molar-refractivity contribution in [2.45, 2.75) is 32.2 Å². The van der Waals surface area contributed by atoms with E-state index in [-0.39, 0.29) is 11.9 Å². The Hall–Kier alpha value is -2.34. The standard InChI is InChI=1S/C18H23N3O3/c1-2-9-24-17-8-4-3-7-14(17)15-11-16(21-20-15)18(22)19-13-6-5-10-23-12-13/h3-4,7-8,11,13H,2,5-6,9-10,12H2,1H3,(H,19,22)(H,20,21). The third kappa shape index (κ3) is 3.94. The molecule has 128 valence electrons. The molecule has 0 saturated carbocycles. The zero-order valence-corrected chi connectivity index (χ0v) is 13.9. The molecule has 6 heteroatoms. The number of aromatic amines is 1. The highest BCUT2D eigenvalue weighted by Gasteiger charge is 2.19. The molecule has 1 aromatic heterocycles. The zero-order chi connectivity index (χ0) is 16.8. The first-order valence-corrected chi connectivity index (χ1v) is 8.44. The van der Waals surface area contributed by atoms with Crippen molar-refractivity contribution in [3.8, 4) is 17.0 Å². The Morgan fingerprint density at radius 1 is 1.46 bits per heavy atom. The molecule has 0 bridgehead atoms. The zero-order valence-electron chi connectivity index (χ0n) is 13.9. The Morgan fingerprint density at radius 2 is 2.33 bits per heavy atom. The van der Waals surface area contributed by atoms with Crippen molar-refractivity contribution in [3.63, 3.8) is 0 Å². The van der Waals surface area contributed by atoms with Gasteiger partial charge < -0.3 is 14.8 Å². The van der Waals surface area contributed by atoms with Gasteiger partial charge in [0.15, 0.2) is 0 Å². The molecule has 2 heterocycles. The third-order valence-corrected chi connectivity index (χ3v) is 3.94. The van der Waals surface area contributed by atoms with E-state index in [1.54, 1.807) is 6.07 Å². The summed E-state index contributed by atoms with van der Waals surface area (Å²) in [7, 11) is 0. The highest BCUT2D eigenvalue weighted by Crippen LogP contribution is 2.28. The van der Waals surface area contributed by atoms with Crippen molar-refractivity contribution in [2.24, 2.45) is 0 Å². The molecule has 0 aliphatic carbocycles. The summed E-state index contributed by atoms with van der Waals surface area (Å²) in [6.45, 7) is 4.06. The van der Waals surface area contributed by atoms with Crippen LogP contribution in [0.5, 0.6) is 5.75 Å². The second-order valence-corrected chi connectivity index (χ2v) is 5.90. The maximum Gasteiger partial charge on any atom is 0.269 e. The fourth-order valence-corrected chi connectivity index (χ4v) is 2.71. The maximum absolute atomic E-state index is 12.3. The Kier molecular flexibility index (Phi) is 5.48. The highest BCUT2D eigenvalue weighted by atomic mass is 16.5. The first kappa shape index (κ1) is 16.5. The molecular formula is C18H23N3O3. The summed E-state index contributed by atoms with van der Waals surface area (Å²) in [4.78, 5) is 12.3. The minimum Gasteiger partial charge on any atom is -0.493 e. The van der Waals surface area contributed by atoms with Crippen LogP contribution in [0, 0.1) is 0 Å². The largest absolute Gasteiger partial charge is 0.493 e. The number of ether oxygens (including phenoxy) is 2. The normalized spacial score (nSPS) is 17.5. The van der Waals surface area contributed by atoms with Gasteiger partial charge in [0.1, 0.15) is 11.4 Å². The van der Waals surface area contributed by atoms with Crippen LogP contribution in [0.15, 0.2) is 30.3 Å². The lowest BCUT2D eigenvalue weighted by molar-refractivity contribution is 0.0622. The second kappa shape index (κ2) is 7.97. The molecule has 6 nitrogen and oxygen atoms in total. The summed E-state index contributed by atoms with van der Waals surface area (Å²) in [5.41, 5.74) is 2.02. The SMILES string of the molecule is CCCOc1ccccc1-c1cc(C(=O)NC2CCCOC2)[nH]n1. The van der Waals surface area contributed by atoms with Crippen molar-refractivity contribution < 1.29 is 14.3 Å². The fraction of sp³-hybridized carbons (Fsp3) is 0.444. The summed E-state index contributed by atoms with van der Waals surface area (Å²) >= 11 is 0. The number of H-pyrrole nitrogens is 1. The first-order chi connectivity index (χ1) is 11.8. The van der Waals surface area contributed by atoms with E-state index in [2.05, 4.69) is 22.4 Å². The summed E-state index contributed by atoms with van der Waals surface area (Å²) in [6.07, 6.45) is 2.85. The minimum atomic E-state index is -0.156. The predicted octanol–water partition coefficient (Wildman–Crippen LogP) is 2.77. The molecule has 1 amide bonds. The van der Waals surface area contributed by atoms with Gasteiger partial charge >= 0.3 is 0 Å². The number of hydrogen-bond acceptors (Lipinski definition) is 4. The van der Waals surface area contributed by atoms with Gasteiger partial charge in [0.2, 0.25) is 0 Å². The summed E-state index contributed by atoms with van der Waals surface area (Å²) in [6, 6.07) is 9.54. The molecule has 1 aliphatic rings. The Bertz CT molecular complexity index is 678. The molecule has 3 rings (SSSR count). The summed E-state index contributed by atoms with van der Waals surface area (Å²) in [5.74, 6) is 0.620. The molecule has 24 heavy (non-hydrogen) atoms. The molecular weight excluding hydrogens is 306 g/mol. The number of carbonyl (C=O) groups excluding carboxylic acids is 1. The smallest absolute Gasteiger partial charge is 0.269 e. The number of para-hydroxylation sites is 1. The van der Waals surface area contributed by atoms with Gasteiger partial charge in [-0.15, -0.1) is 0 Å². The van der Waals surface area contributed by atoms with Gasteiger partial charge in [-0.3, -0.25) is 9.89 Å². The van der Waals surface area contributed by atoms with Crippen molar-refractivity contribution >= 4 is 5.91 Å². The van der Waals surface area contributed by atoms with E-state index in [1.165, 1.54) is 0 Å². The van der Waals surface area contributed by atoms with Crippen LogP contribution < -0.4 is 10.1 Å². The molecule has 1 aromatic carbocycles. The van der Waals surface area contributed by atoms with Crippen LogP contribution in [0.4, 0.5) is 0 Å². The number of amides is 1. The summed E-state index contributed by atoms with van der Waals surface area (Å²) in [5, 5.41) is 10.1. The van der Waals surface area contributed by atoms with Crippen LogP contribution in [-0.4, -0.2) is 42.0 Å². The number of hydrogen-bond donors (Lipinski definition) is 2. The van der Waals surface area contributed by atoms with Crippen LogP contribution in [0.25, 0.3) is 11.3 Å². The van der Waals surface area contributed by atoms with E-state index in [0.717, 1.165) is 37.2 Å². The molecule has 2 N–H and O–H groups in total. The Morgan fingerprint density at radius 3 is 3.12 bits per heavy atom. The van der Waals surface area contributed by atoms with Gasteiger partial charge in [-0.2, -0.15) is 5.10 Å². The fourth-order valence-electron chi connectivity index (χ4n) is 2.71. The minimum absolute atomic E-state index is 0.0678. The Balaban J connectivity index is 1.72. The van der Waals surface area contributed by atoms with Gasteiger partial charge in [0.25, 0.3) is 5.91 Å². The van der Waals surface area contributed by atoms with Crippen molar-refractivity contribution in [2.75, 3.05) is 19.8 Å². The molecule has 1 saturated heterocycles.